The van der Waals surface area contributed by atoms with E-state index in [9.17, 15) is 18.0 Å². The molecule has 2 rings (SSSR count). The molecule has 112 valence electrons. The van der Waals surface area contributed by atoms with Gasteiger partial charge in [-0.2, -0.15) is 18.3 Å². The number of esters is 1. The van der Waals surface area contributed by atoms with Crippen molar-refractivity contribution in [2.24, 2.45) is 0 Å². The predicted molar refractivity (Wildman–Crippen MR) is 66.7 cm³/mol. The molecule has 0 aliphatic rings. The highest BCUT2D eigenvalue weighted by atomic mass is 19.4. The van der Waals surface area contributed by atoms with Crippen molar-refractivity contribution in [1.82, 2.24) is 14.8 Å². The minimum absolute atomic E-state index is 0.0194. The molecule has 0 radical (unpaired) electrons. The molecule has 2 heterocycles. The second-order valence-corrected chi connectivity index (χ2v) is 4.02. The molecule has 0 unspecified atom stereocenters. The first-order chi connectivity index (χ1) is 9.82. The SMILES string of the molecule is CCOC(=O)c1cc(-n2cc(C(F)(F)F)cn2)ncc1N. The van der Waals surface area contributed by atoms with Crippen LogP contribution in [0.15, 0.2) is 24.7 Å². The van der Waals surface area contributed by atoms with Gasteiger partial charge in [-0.15, -0.1) is 0 Å². The number of alkyl halides is 3. The molecule has 6 nitrogen and oxygen atoms in total. The number of ether oxygens (including phenoxy) is 1. The van der Waals surface area contributed by atoms with Gasteiger partial charge >= 0.3 is 12.1 Å². The first-order valence-corrected chi connectivity index (χ1v) is 5.87. The Kier molecular flexibility index (Phi) is 3.83. The van der Waals surface area contributed by atoms with Crippen LogP contribution in [0.25, 0.3) is 5.82 Å². The number of nitrogens with two attached hydrogens (primary N) is 1. The Bertz CT molecular complexity index is 667. The van der Waals surface area contributed by atoms with E-state index < -0.39 is 17.7 Å². The minimum Gasteiger partial charge on any atom is -0.462 e. The van der Waals surface area contributed by atoms with Gasteiger partial charge in [-0.3, -0.25) is 0 Å². The van der Waals surface area contributed by atoms with E-state index in [0.29, 0.717) is 6.20 Å². The standard InChI is InChI=1S/C12H11F3N4O2/c1-2-21-11(20)8-3-10(17-5-9(8)16)19-6-7(4-18-19)12(13,14)15/h3-6H,2,16H2,1H3. The zero-order valence-electron chi connectivity index (χ0n) is 10.9. The third kappa shape index (κ3) is 3.12. The third-order valence-electron chi connectivity index (χ3n) is 2.56. The summed E-state index contributed by atoms with van der Waals surface area (Å²) < 4.78 is 43.3. The van der Waals surface area contributed by atoms with Crippen molar-refractivity contribution in [2.75, 3.05) is 12.3 Å². The van der Waals surface area contributed by atoms with Gasteiger partial charge < -0.3 is 10.5 Å². The van der Waals surface area contributed by atoms with Gasteiger partial charge in [0.1, 0.15) is 0 Å². The molecule has 0 fully saturated rings. The largest absolute Gasteiger partial charge is 0.462 e. The number of nitrogen functional groups attached to an aromatic ring is 1. The van der Waals surface area contributed by atoms with Crippen LogP contribution in [0.4, 0.5) is 18.9 Å². The summed E-state index contributed by atoms with van der Waals surface area (Å²) in [4.78, 5) is 15.5. The van der Waals surface area contributed by atoms with E-state index in [-0.39, 0.29) is 23.7 Å². The second-order valence-electron chi connectivity index (χ2n) is 4.02. The van der Waals surface area contributed by atoms with Crippen LogP contribution in [-0.4, -0.2) is 27.3 Å². The van der Waals surface area contributed by atoms with Gasteiger partial charge in [0, 0.05) is 6.20 Å². The van der Waals surface area contributed by atoms with Gasteiger partial charge in [-0.1, -0.05) is 0 Å². The molecule has 9 heteroatoms. The molecule has 0 saturated heterocycles. The summed E-state index contributed by atoms with van der Waals surface area (Å²) in [6, 6.07) is 1.22. The second kappa shape index (κ2) is 5.43. The number of aromatic nitrogens is 3. The van der Waals surface area contributed by atoms with E-state index in [0.717, 1.165) is 17.1 Å². The van der Waals surface area contributed by atoms with Gasteiger partial charge in [0.15, 0.2) is 5.82 Å². The summed E-state index contributed by atoms with van der Waals surface area (Å²) in [5.41, 5.74) is 4.77. The monoisotopic (exact) mass is 300 g/mol. The fraction of sp³-hybridized carbons (Fsp3) is 0.250. The average molecular weight is 300 g/mol. The molecule has 2 aromatic heterocycles. The Hall–Kier alpha value is -2.58. The van der Waals surface area contributed by atoms with Crippen molar-refractivity contribution < 1.29 is 22.7 Å². The lowest BCUT2D eigenvalue weighted by molar-refractivity contribution is -0.137. The summed E-state index contributed by atoms with van der Waals surface area (Å²) in [5, 5.41) is 3.57. The van der Waals surface area contributed by atoms with E-state index in [4.69, 9.17) is 10.5 Å². The Labute approximate surface area is 117 Å². The Morgan fingerprint density at radius 1 is 1.43 bits per heavy atom. The first-order valence-electron chi connectivity index (χ1n) is 5.87. The number of carbonyl (C=O) groups excluding carboxylic acids is 1. The number of nitrogens with zero attached hydrogens (tertiary/aromatic N) is 3. The molecule has 21 heavy (non-hydrogen) atoms. The number of carbonyl (C=O) groups is 1. The molecule has 0 aliphatic heterocycles. The zero-order valence-corrected chi connectivity index (χ0v) is 10.9. The van der Waals surface area contributed by atoms with Crippen molar-refractivity contribution in [1.29, 1.82) is 0 Å². The van der Waals surface area contributed by atoms with Crippen molar-refractivity contribution in [3.63, 3.8) is 0 Å². The van der Waals surface area contributed by atoms with Crippen LogP contribution in [0.2, 0.25) is 0 Å². The molecular weight excluding hydrogens is 289 g/mol. The van der Waals surface area contributed by atoms with E-state index in [2.05, 4.69) is 10.1 Å². The van der Waals surface area contributed by atoms with Crippen LogP contribution < -0.4 is 5.73 Å². The Balaban J connectivity index is 2.39. The number of hydrogen-bond donors (Lipinski definition) is 1. The maximum absolute atomic E-state index is 12.5. The molecule has 0 spiro atoms. The molecule has 0 aliphatic carbocycles. The van der Waals surface area contributed by atoms with Crippen LogP contribution in [0, 0.1) is 0 Å². The summed E-state index contributed by atoms with van der Waals surface area (Å²) in [5.74, 6) is -0.649. The molecular formula is C12H11F3N4O2. The fourth-order valence-electron chi connectivity index (χ4n) is 1.56. The van der Waals surface area contributed by atoms with Crippen molar-refractivity contribution >= 4 is 11.7 Å². The minimum atomic E-state index is -4.50. The number of anilines is 1. The van der Waals surface area contributed by atoms with Crippen molar-refractivity contribution in [3.8, 4) is 5.82 Å². The molecule has 0 aromatic carbocycles. The molecule has 0 amide bonds. The van der Waals surface area contributed by atoms with Gasteiger partial charge in [-0.25, -0.2) is 14.5 Å². The highest BCUT2D eigenvalue weighted by molar-refractivity contribution is 5.95. The van der Waals surface area contributed by atoms with E-state index >= 15 is 0 Å². The highest BCUT2D eigenvalue weighted by Crippen LogP contribution is 2.29. The summed E-state index contributed by atoms with van der Waals surface area (Å²) in [6.07, 6.45) is -1.90. The highest BCUT2D eigenvalue weighted by Gasteiger charge is 2.32. The number of hydrogen-bond acceptors (Lipinski definition) is 5. The van der Waals surface area contributed by atoms with Crippen LogP contribution in [0.5, 0.6) is 0 Å². The first kappa shape index (κ1) is 14.8. The quantitative estimate of drug-likeness (QED) is 0.877. The lowest BCUT2D eigenvalue weighted by atomic mass is 10.2. The van der Waals surface area contributed by atoms with Crippen LogP contribution in [0.3, 0.4) is 0 Å². The summed E-state index contributed by atoms with van der Waals surface area (Å²) in [7, 11) is 0. The zero-order chi connectivity index (χ0) is 15.6. The van der Waals surface area contributed by atoms with Crippen molar-refractivity contribution in [2.45, 2.75) is 13.1 Å². The molecule has 0 atom stereocenters. The molecule has 2 aromatic rings. The van der Waals surface area contributed by atoms with E-state index in [1.807, 2.05) is 0 Å². The lowest BCUT2D eigenvalue weighted by Crippen LogP contribution is -2.10. The molecule has 0 bridgehead atoms. The van der Waals surface area contributed by atoms with Gasteiger partial charge in [0.05, 0.1) is 35.8 Å². The summed E-state index contributed by atoms with van der Waals surface area (Å²) >= 11 is 0. The lowest BCUT2D eigenvalue weighted by Gasteiger charge is -2.07. The van der Waals surface area contributed by atoms with Crippen LogP contribution >= 0.6 is 0 Å². The van der Waals surface area contributed by atoms with E-state index in [1.165, 1.54) is 6.07 Å². The average Bonchev–Trinajstić information content (AvgIpc) is 2.89. The van der Waals surface area contributed by atoms with Gasteiger partial charge in [0.2, 0.25) is 0 Å². The maximum Gasteiger partial charge on any atom is 0.419 e. The molecule has 2 N–H and O–H groups in total. The van der Waals surface area contributed by atoms with Crippen molar-refractivity contribution in [3.05, 3.63) is 35.8 Å². The topological polar surface area (TPSA) is 83.0 Å². The van der Waals surface area contributed by atoms with Gasteiger partial charge in [0.25, 0.3) is 0 Å². The van der Waals surface area contributed by atoms with Crippen LogP contribution in [0.1, 0.15) is 22.8 Å². The summed E-state index contributed by atoms with van der Waals surface area (Å²) in [6.45, 7) is 1.77. The fourth-order valence-corrected chi connectivity index (χ4v) is 1.56. The normalized spacial score (nSPS) is 11.4. The van der Waals surface area contributed by atoms with E-state index in [1.54, 1.807) is 6.92 Å². The maximum atomic E-state index is 12.5. The number of rotatable bonds is 3. The van der Waals surface area contributed by atoms with Crippen LogP contribution in [-0.2, 0) is 10.9 Å². The predicted octanol–water partition coefficient (Wildman–Crippen LogP) is 2.04. The third-order valence-corrected chi connectivity index (χ3v) is 2.56. The molecule has 0 saturated carbocycles. The Morgan fingerprint density at radius 3 is 2.71 bits per heavy atom. The smallest absolute Gasteiger partial charge is 0.419 e. The number of pyridine rings is 1. The number of halogens is 3. The Morgan fingerprint density at radius 2 is 2.14 bits per heavy atom. The van der Waals surface area contributed by atoms with Gasteiger partial charge in [-0.05, 0) is 13.0 Å².